The molecule has 0 amide bonds. The number of anilines is 2. The van der Waals surface area contributed by atoms with Crippen molar-refractivity contribution >= 4 is 23.0 Å². The number of hydrogen-bond donors (Lipinski definition) is 2. The summed E-state index contributed by atoms with van der Waals surface area (Å²) in [5.74, 6) is 1.43. The standard InChI is InChI=1S/C12H14ClN3O/c1-7-6-15-12(17-7)8(2)16-11-4-3-9(13)5-10(11)14/h3-6,8,16H,14H2,1-2H3. The van der Waals surface area contributed by atoms with Crippen molar-refractivity contribution in [1.29, 1.82) is 0 Å². The monoisotopic (exact) mass is 251 g/mol. The highest BCUT2D eigenvalue weighted by Gasteiger charge is 2.12. The third-order valence-corrected chi connectivity index (χ3v) is 2.63. The number of benzene rings is 1. The number of aryl methyl sites for hydroxylation is 1. The Hall–Kier alpha value is -1.68. The molecule has 0 aliphatic heterocycles. The van der Waals surface area contributed by atoms with Crippen LogP contribution >= 0.6 is 11.6 Å². The SMILES string of the molecule is Cc1cnc(C(C)Nc2ccc(Cl)cc2N)o1. The molecule has 0 aliphatic rings. The number of oxazole rings is 1. The third-order valence-electron chi connectivity index (χ3n) is 2.40. The van der Waals surface area contributed by atoms with Crippen LogP contribution in [0.3, 0.4) is 0 Å². The Morgan fingerprint density at radius 2 is 2.24 bits per heavy atom. The van der Waals surface area contributed by atoms with Crippen LogP contribution in [0.5, 0.6) is 0 Å². The number of nitrogens with one attached hydrogen (secondary N) is 1. The van der Waals surface area contributed by atoms with E-state index in [1.54, 1.807) is 18.3 Å². The van der Waals surface area contributed by atoms with Crippen LogP contribution < -0.4 is 11.1 Å². The molecule has 0 bridgehead atoms. The second-order valence-electron chi connectivity index (χ2n) is 3.91. The molecule has 1 atom stereocenters. The molecule has 5 heteroatoms. The van der Waals surface area contributed by atoms with Crippen LogP contribution in [0.1, 0.15) is 24.6 Å². The molecule has 0 radical (unpaired) electrons. The fraction of sp³-hybridized carbons (Fsp3) is 0.250. The molecule has 3 N–H and O–H groups in total. The minimum Gasteiger partial charge on any atom is -0.444 e. The molecule has 1 unspecified atom stereocenters. The van der Waals surface area contributed by atoms with Gasteiger partial charge in [0.15, 0.2) is 0 Å². The molecular weight excluding hydrogens is 238 g/mol. The zero-order valence-corrected chi connectivity index (χ0v) is 10.5. The average Bonchev–Trinajstić information content (AvgIpc) is 2.69. The zero-order chi connectivity index (χ0) is 12.4. The van der Waals surface area contributed by atoms with Crippen LogP contribution in [0, 0.1) is 6.92 Å². The molecule has 1 aromatic carbocycles. The van der Waals surface area contributed by atoms with Gasteiger partial charge in [-0.2, -0.15) is 0 Å². The normalized spacial score (nSPS) is 12.4. The second-order valence-corrected chi connectivity index (χ2v) is 4.34. The summed E-state index contributed by atoms with van der Waals surface area (Å²) in [4.78, 5) is 4.16. The predicted octanol–water partition coefficient (Wildman–Crippen LogP) is 3.39. The van der Waals surface area contributed by atoms with Crippen molar-refractivity contribution in [2.24, 2.45) is 0 Å². The van der Waals surface area contributed by atoms with Crippen molar-refractivity contribution in [3.8, 4) is 0 Å². The Labute approximate surface area is 105 Å². The number of nitrogen functional groups attached to an aromatic ring is 1. The van der Waals surface area contributed by atoms with Crippen LogP contribution in [-0.2, 0) is 0 Å². The predicted molar refractivity (Wildman–Crippen MR) is 69.1 cm³/mol. The Kier molecular flexibility index (Phi) is 3.24. The lowest BCUT2D eigenvalue weighted by Gasteiger charge is -2.14. The molecule has 1 aromatic heterocycles. The minimum atomic E-state index is -0.0489. The molecule has 0 spiro atoms. The molecule has 17 heavy (non-hydrogen) atoms. The molecule has 90 valence electrons. The van der Waals surface area contributed by atoms with Crippen LogP contribution in [0.2, 0.25) is 5.02 Å². The lowest BCUT2D eigenvalue weighted by Crippen LogP contribution is -2.08. The van der Waals surface area contributed by atoms with E-state index in [-0.39, 0.29) is 6.04 Å². The van der Waals surface area contributed by atoms with Gasteiger partial charge in [0.1, 0.15) is 11.8 Å². The first kappa shape index (κ1) is 11.8. The van der Waals surface area contributed by atoms with E-state index in [4.69, 9.17) is 21.8 Å². The van der Waals surface area contributed by atoms with Gasteiger partial charge in [0, 0.05) is 5.02 Å². The first-order valence-corrected chi connectivity index (χ1v) is 5.68. The maximum absolute atomic E-state index is 5.86. The number of nitrogens with two attached hydrogens (primary N) is 1. The Balaban J connectivity index is 2.15. The van der Waals surface area contributed by atoms with E-state index in [9.17, 15) is 0 Å². The summed E-state index contributed by atoms with van der Waals surface area (Å²) in [6.07, 6.45) is 1.69. The van der Waals surface area contributed by atoms with Crippen LogP contribution in [0.25, 0.3) is 0 Å². The highest BCUT2D eigenvalue weighted by molar-refractivity contribution is 6.31. The quantitative estimate of drug-likeness (QED) is 0.821. The number of rotatable bonds is 3. The Morgan fingerprint density at radius 3 is 2.82 bits per heavy atom. The van der Waals surface area contributed by atoms with Gasteiger partial charge in [0.25, 0.3) is 0 Å². The first-order chi connectivity index (χ1) is 8.06. The van der Waals surface area contributed by atoms with Crippen LogP contribution in [0.15, 0.2) is 28.8 Å². The van der Waals surface area contributed by atoms with Crippen molar-refractivity contribution in [3.05, 3.63) is 41.1 Å². The van der Waals surface area contributed by atoms with Crippen molar-refractivity contribution in [3.63, 3.8) is 0 Å². The molecule has 2 rings (SSSR count). The highest BCUT2D eigenvalue weighted by atomic mass is 35.5. The van der Waals surface area contributed by atoms with Crippen molar-refractivity contribution in [1.82, 2.24) is 4.98 Å². The maximum Gasteiger partial charge on any atom is 0.216 e. The molecule has 4 nitrogen and oxygen atoms in total. The number of hydrogen-bond acceptors (Lipinski definition) is 4. The molecule has 0 saturated heterocycles. The van der Waals surface area contributed by atoms with E-state index >= 15 is 0 Å². The van der Waals surface area contributed by atoms with Crippen molar-refractivity contribution in [2.75, 3.05) is 11.1 Å². The van der Waals surface area contributed by atoms with Gasteiger partial charge in [0.2, 0.25) is 5.89 Å². The number of halogens is 1. The minimum absolute atomic E-state index is 0.0489. The van der Waals surface area contributed by atoms with Crippen molar-refractivity contribution < 1.29 is 4.42 Å². The molecule has 2 aromatic rings. The molecule has 0 aliphatic carbocycles. The molecular formula is C12H14ClN3O. The molecule has 1 heterocycles. The second kappa shape index (κ2) is 4.67. The summed E-state index contributed by atoms with van der Waals surface area (Å²) in [6, 6.07) is 5.28. The first-order valence-electron chi connectivity index (χ1n) is 5.30. The lowest BCUT2D eigenvalue weighted by molar-refractivity contribution is 0.454. The van der Waals surface area contributed by atoms with Gasteiger partial charge in [-0.15, -0.1) is 0 Å². The summed E-state index contributed by atoms with van der Waals surface area (Å²) >= 11 is 5.84. The van der Waals surface area contributed by atoms with E-state index in [1.165, 1.54) is 0 Å². The van der Waals surface area contributed by atoms with Gasteiger partial charge in [0.05, 0.1) is 17.6 Å². The zero-order valence-electron chi connectivity index (χ0n) is 9.70. The fourth-order valence-corrected chi connectivity index (χ4v) is 1.71. The lowest BCUT2D eigenvalue weighted by atomic mass is 10.2. The van der Waals surface area contributed by atoms with Crippen molar-refractivity contribution in [2.45, 2.75) is 19.9 Å². The van der Waals surface area contributed by atoms with E-state index in [2.05, 4.69) is 10.3 Å². The molecule has 0 saturated carbocycles. The van der Waals surface area contributed by atoms with Gasteiger partial charge in [-0.25, -0.2) is 4.98 Å². The third kappa shape index (κ3) is 2.71. The summed E-state index contributed by atoms with van der Waals surface area (Å²) in [5.41, 5.74) is 7.28. The smallest absolute Gasteiger partial charge is 0.216 e. The summed E-state index contributed by atoms with van der Waals surface area (Å²) < 4.78 is 5.44. The average molecular weight is 252 g/mol. The van der Waals surface area contributed by atoms with Gasteiger partial charge in [-0.05, 0) is 32.0 Å². The summed E-state index contributed by atoms with van der Waals surface area (Å²) in [6.45, 7) is 3.82. The maximum atomic E-state index is 5.86. The highest BCUT2D eigenvalue weighted by Crippen LogP contribution is 2.26. The largest absolute Gasteiger partial charge is 0.444 e. The van der Waals surface area contributed by atoms with E-state index in [0.29, 0.717) is 16.6 Å². The van der Waals surface area contributed by atoms with Gasteiger partial charge in [-0.1, -0.05) is 11.6 Å². The number of aromatic nitrogens is 1. The van der Waals surface area contributed by atoms with Crippen LogP contribution in [-0.4, -0.2) is 4.98 Å². The Bertz CT molecular complexity index is 524. The number of nitrogens with zero attached hydrogens (tertiary/aromatic N) is 1. The molecule has 0 fully saturated rings. The van der Waals surface area contributed by atoms with Gasteiger partial charge >= 0.3 is 0 Å². The summed E-state index contributed by atoms with van der Waals surface area (Å²) in [7, 11) is 0. The topological polar surface area (TPSA) is 64.1 Å². The van der Waals surface area contributed by atoms with Crippen LogP contribution in [0.4, 0.5) is 11.4 Å². The van der Waals surface area contributed by atoms with Gasteiger partial charge < -0.3 is 15.5 Å². The Morgan fingerprint density at radius 1 is 1.47 bits per heavy atom. The summed E-state index contributed by atoms with van der Waals surface area (Å²) in [5, 5.41) is 3.85. The van der Waals surface area contributed by atoms with E-state index < -0.39 is 0 Å². The van der Waals surface area contributed by atoms with E-state index in [0.717, 1.165) is 11.4 Å². The fourth-order valence-electron chi connectivity index (χ4n) is 1.53. The van der Waals surface area contributed by atoms with Gasteiger partial charge in [-0.3, -0.25) is 0 Å². The van der Waals surface area contributed by atoms with E-state index in [1.807, 2.05) is 19.9 Å².